The van der Waals surface area contributed by atoms with E-state index in [1.807, 2.05) is 0 Å². The first kappa shape index (κ1) is 29.8. The van der Waals surface area contributed by atoms with Crippen LogP contribution in [0.15, 0.2) is 23.8 Å². The number of anilines is 2. The molecule has 2 aliphatic rings. The summed E-state index contributed by atoms with van der Waals surface area (Å²) in [5, 5.41) is 20.4. The molecule has 232 valence electrons. The highest BCUT2D eigenvalue weighted by Gasteiger charge is 2.55. The van der Waals surface area contributed by atoms with Crippen LogP contribution < -0.4 is 17.0 Å². The molecule has 0 amide bonds. The van der Waals surface area contributed by atoms with Crippen molar-refractivity contribution in [2.45, 2.75) is 55.6 Å². The van der Waals surface area contributed by atoms with E-state index in [9.17, 15) is 19.9 Å². The minimum absolute atomic E-state index is 0.0560. The highest BCUT2D eigenvalue weighted by Crippen LogP contribution is 2.52. The lowest BCUT2D eigenvalue weighted by Crippen LogP contribution is -2.43. The Balaban J connectivity index is 1.21. The Kier molecular flexibility index (Phi) is 7.42. The first-order valence-electron chi connectivity index (χ1n) is 12.5. The summed E-state index contributed by atoms with van der Waals surface area (Å²) in [6.07, 6.45) is -8.32. The van der Waals surface area contributed by atoms with Crippen LogP contribution in [0.5, 0.6) is 0 Å². The summed E-state index contributed by atoms with van der Waals surface area (Å²) < 4.78 is 55.4. The summed E-state index contributed by atoms with van der Waals surface area (Å²) in [7, 11) is 0. The molecule has 0 radical (unpaired) electrons. The molecule has 8 N–H and O–H groups in total. The van der Waals surface area contributed by atoms with Crippen molar-refractivity contribution in [1.29, 1.82) is 0 Å². The van der Waals surface area contributed by atoms with Gasteiger partial charge in [-0.3, -0.25) is 23.4 Å². The van der Waals surface area contributed by atoms with Gasteiger partial charge < -0.3 is 40.6 Å². The molecule has 0 aliphatic carbocycles. The Bertz CT molecular complexity index is 1790. The van der Waals surface area contributed by atoms with Crippen molar-refractivity contribution in [3.63, 3.8) is 0 Å². The van der Waals surface area contributed by atoms with Gasteiger partial charge in [0.05, 0.1) is 25.9 Å². The van der Waals surface area contributed by atoms with Crippen LogP contribution in [0.25, 0.3) is 22.3 Å². The summed E-state index contributed by atoms with van der Waals surface area (Å²) in [4.78, 5) is 45.3. The number of nitrogen functional groups attached to an aromatic ring is 2. The first-order chi connectivity index (χ1) is 20.3. The smallest absolute Gasteiger partial charge is 0.325 e. The molecule has 0 spiro atoms. The van der Waals surface area contributed by atoms with Gasteiger partial charge >= 0.3 is 6.72 Å². The molecule has 0 aromatic carbocycles. The molecule has 9 atom stereocenters. The zero-order valence-corrected chi connectivity index (χ0v) is 23.7. The number of fused-ring (bicyclic) bond motifs is 2. The van der Waals surface area contributed by atoms with E-state index in [-0.39, 0.29) is 34.1 Å². The molecule has 6 heterocycles. The minimum Gasteiger partial charge on any atom is -0.394 e. The van der Waals surface area contributed by atoms with Gasteiger partial charge in [-0.25, -0.2) is 28.7 Å². The summed E-state index contributed by atoms with van der Waals surface area (Å²) in [6.45, 7) is -4.54. The monoisotopic (exact) mass is 646 g/mol. The summed E-state index contributed by atoms with van der Waals surface area (Å²) >= 11 is 5.11. The molecule has 4 aromatic heterocycles. The van der Waals surface area contributed by atoms with Crippen molar-refractivity contribution >= 4 is 52.6 Å². The summed E-state index contributed by atoms with van der Waals surface area (Å²) in [5.74, 6) is -0.200. The van der Waals surface area contributed by atoms with Crippen molar-refractivity contribution in [2.24, 2.45) is 0 Å². The number of rotatable bonds is 8. The highest BCUT2D eigenvalue weighted by molar-refractivity contribution is 8.07. The van der Waals surface area contributed by atoms with Crippen molar-refractivity contribution in [1.82, 2.24) is 39.0 Å². The fourth-order valence-corrected chi connectivity index (χ4v) is 6.46. The van der Waals surface area contributed by atoms with Crippen LogP contribution in [-0.4, -0.2) is 104 Å². The van der Waals surface area contributed by atoms with Crippen molar-refractivity contribution in [3.05, 3.63) is 29.3 Å². The lowest BCUT2D eigenvalue weighted by Gasteiger charge is -2.30. The van der Waals surface area contributed by atoms with Gasteiger partial charge in [0.25, 0.3) is 5.56 Å². The zero-order chi connectivity index (χ0) is 30.8. The number of nitrogens with one attached hydrogen (secondary N) is 1. The Morgan fingerprint density at radius 3 is 2.56 bits per heavy atom. The zero-order valence-electron chi connectivity index (χ0n) is 22.0. The Morgan fingerprint density at radius 2 is 1.84 bits per heavy atom. The lowest BCUT2D eigenvalue weighted by molar-refractivity contribution is -0.114. The minimum atomic E-state index is -4.39. The maximum Gasteiger partial charge on any atom is 0.325 e. The number of hydrogen-bond donors (Lipinski definition) is 6. The van der Waals surface area contributed by atoms with E-state index >= 15 is 8.78 Å². The van der Waals surface area contributed by atoms with Gasteiger partial charge in [-0.05, 0) is 18.7 Å². The lowest BCUT2D eigenvalue weighted by atomic mass is 9.99. The van der Waals surface area contributed by atoms with E-state index in [0.29, 0.717) is 0 Å². The standard InChI is InChI=1S/C21H25F2N10O8PS/c1-21(13(35)9(23)18(40-21)32-5-28-10-14(24)26-4-27-15(10)32)3-38-42(37,43)41-12-8(22)7(2-34)39-19(12)33-6-29-11-16(33)30-20(25)31-17(11)36/h4-9,12-13,18-19,34-35H,2-3H2,1H3,(H,37,43)(H2,24,26,27)(H3,25,30,31,36)/t7-,8+,9+,12-,13+,18-,19?,21?,42?/m1/s1. The van der Waals surface area contributed by atoms with Gasteiger partial charge in [0.2, 0.25) is 5.95 Å². The second kappa shape index (κ2) is 10.7. The van der Waals surface area contributed by atoms with Gasteiger partial charge in [-0.1, -0.05) is 0 Å². The fraction of sp³-hybridized carbons (Fsp3) is 0.524. The third-order valence-corrected chi connectivity index (χ3v) is 8.73. The van der Waals surface area contributed by atoms with Crippen molar-refractivity contribution in [2.75, 3.05) is 24.7 Å². The molecule has 0 bridgehead atoms. The van der Waals surface area contributed by atoms with Gasteiger partial charge in [0, 0.05) is 0 Å². The van der Waals surface area contributed by atoms with Crippen LogP contribution in [-0.2, 0) is 30.3 Å². The fourth-order valence-electron chi connectivity index (χ4n) is 4.99. The molecule has 0 saturated carbocycles. The number of aliphatic hydroxyl groups excluding tert-OH is 2. The Hall–Kier alpha value is -3.27. The number of nitrogens with two attached hydrogens (primary N) is 2. The number of ether oxygens (including phenoxy) is 2. The van der Waals surface area contributed by atoms with Crippen molar-refractivity contribution < 1.29 is 42.4 Å². The van der Waals surface area contributed by atoms with E-state index in [0.717, 1.165) is 17.2 Å². The van der Waals surface area contributed by atoms with Crippen LogP contribution in [0.4, 0.5) is 20.5 Å². The van der Waals surface area contributed by atoms with E-state index in [1.54, 1.807) is 0 Å². The normalized spacial score (nSPS) is 32.6. The number of H-pyrrole nitrogens is 1. The molecule has 18 nitrogen and oxygen atoms in total. The van der Waals surface area contributed by atoms with Gasteiger partial charge in [0.15, 0.2) is 47.4 Å². The van der Waals surface area contributed by atoms with Crippen molar-refractivity contribution in [3.8, 4) is 0 Å². The third kappa shape index (κ3) is 5.05. The number of aromatic nitrogens is 8. The van der Waals surface area contributed by atoms with Crippen LogP contribution in [0, 0.1) is 0 Å². The topological polar surface area (TPSA) is 257 Å². The number of aromatic amines is 1. The summed E-state index contributed by atoms with van der Waals surface area (Å²) in [6, 6.07) is 0. The highest BCUT2D eigenvalue weighted by atomic mass is 32.5. The molecule has 6 rings (SSSR count). The van der Waals surface area contributed by atoms with Crippen LogP contribution in [0.2, 0.25) is 0 Å². The third-order valence-electron chi connectivity index (χ3n) is 7.19. The molecule has 2 fully saturated rings. The Labute approximate surface area is 243 Å². The number of halogens is 2. The van der Waals surface area contributed by atoms with Gasteiger partial charge in [-0.2, -0.15) is 4.98 Å². The second-order valence-corrected chi connectivity index (χ2v) is 12.9. The van der Waals surface area contributed by atoms with Crippen LogP contribution in [0.3, 0.4) is 0 Å². The predicted octanol–water partition coefficient (Wildman–Crippen LogP) is -1.04. The van der Waals surface area contributed by atoms with Crippen LogP contribution >= 0.6 is 6.72 Å². The van der Waals surface area contributed by atoms with E-state index in [4.69, 9.17) is 41.8 Å². The number of imidazole rings is 2. The number of alkyl halides is 2. The number of hydrogen-bond acceptors (Lipinski definition) is 15. The van der Waals surface area contributed by atoms with E-state index < -0.39 is 74.2 Å². The molecular formula is C21H25F2N10O8PS. The van der Waals surface area contributed by atoms with Gasteiger partial charge in [0.1, 0.15) is 35.8 Å². The quantitative estimate of drug-likeness (QED) is 0.125. The van der Waals surface area contributed by atoms with Crippen LogP contribution in [0.1, 0.15) is 19.4 Å². The average molecular weight is 647 g/mol. The average Bonchev–Trinajstić information content (AvgIpc) is 3.70. The predicted molar refractivity (Wildman–Crippen MR) is 145 cm³/mol. The number of aliphatic hydroxyl groups is 2. The Morgan fingerprint density at radius 1 is 1.14 bits per heavy atom. The molecule has 43 heavy (non-hydrogen) atoms. The molecular weight excluding hydrogens is 621 g/mol. The molecule has 2 aliphatic heterocycles. The first-order valence-corrected chi connectivity index (χ1v) is 15.1. The molecule has 22 heteroatoms. The SMILES string of the molecule is CC1(COP(O)(=S)O[C@H]2C(n3cnc4c(=O)[nH]c(N)nc43)O[C@H](CO)[C@@H]2F)O[C@@H](n2cnc3c(N)ncnc32)[C@@H](F)[C@@H]1O. The van der Waals surface area contributed by atoms with E-state index in [1.165, 1.54) is 17.8 Å². The maximum absolute atomic E-state index is 15.4. The molecule has 2 saturated heterocycles. The van der Waals surface area contributed by atoms with Gasteiger partial charge in [-0.15, -0.1) is 0 Å². The largest absolute Gasteiger partial charge is 0.394 e. The number of nitrogens with zero attached hydrogens (tertiary/aromatic N) is 7. The summed E-state index contributed by atoms with van der Waals surface area (Å²) in [5.41, 5.74) is 9.09. The van der Waals surface area contributed by atoms with E-state index in [2.05, 4.69) is 29.9 Å². The molecule has 3 unspecified atom stereocenters. The molecule has 4 aromatic rings. The second-order valence-electron chi connectivity index (χ2n) is 10.1. The maximum atomic E-state index is 15.4.